The van der Waals surface area contributed by atoms with Gasteiger partial charge in [-0.2, -0.15) is 22.7 Å². The fourth-order valence-corrected chi connectivity index (χ4v) is 24.3. The predicted octanol–water partition coefficient (Wildman–Crippen LogP) is 18.4. The molecule has 33 nitrogen and oxygen atoms in total. The van der Waals surface area contributed by atoms with E-state index in [1.807, 2.05) is 78.9 Å². The monoisotopic (exact) mass is 1970 g/mol. The van der Waals surface area contributed by atoms with Gasteiger partial charge in [0.1, 0.15) is 30.2 Å². The summed E-state index contributed by atoms with van der Waals surface area (Å²) in [5.74, 6) is -7.15. The number of carboxylic acid groups (broad SMARTS) is 6. The lowest BCUT2D eigenvalue weighted by Gasteiger charge is -2.20. The topological polar surface area (TPSA) is 567 Å². The molecule has 0 aliphatic heterocycles. The smallest absolute Gasteiger partial charge is 0.327 e. The maximum Gasteiger partial charge on any atom is 0.327 e. The number of thiophene rings is 3. The molecule has 9 aromatic carbocycles. The van der Waals surface area contributed by atoms with Crippen molar-refractivity contribution < 1.29 is 116 Å². The van der Waals surface area contributed by atoms with Crippen molar-refractivity contribution >= 4 is 148 Å². The SMILES string of the molecule is O=C(O)C(NP(=O)(O)Cc1ccccc1)c1c[nH]c2ccccc12.O=C(O)C(NP(=O)(O)Cc1ccccc1)c1cc2ccccc2[nH]1.O=C(O)C(NP(=O)(O)Cc1ccccc1)c1cccc2[nH]ccc12.O=C(O)C(NP(=O)(O)Cc1ccccc1)c1cccs1.O=C(O)C(NP(=O)(O)Cc1ccccc1)c1ccsc1.O=C(O)C(NP(=O)(O)Cc1ccccc1)c1ccsc1. The van der Waals surface area contributed by atoms with Crippen LogP contribution in [0.5, 0.6) is 0 Å². The Morgan fingerprint density at radius 3 is 0.955 bits per heavy atom. The summed E-state index contributed by atoms with van der Waals surface area (Å²) in [6.07, 6.45) is 2.51. The molecule has 42 heteroatoms. The number of hydrogen-bond donors (Lipinski definition) is 21. The van der Waals surface area contributed by atoms with Gasteiger partial charge >= 0.3 is 35.8 Å². The fraction of sp³-hybridized carbons (Fsp3) is 0.133. The number of aromatic nitrogens is 3. The molecule has 6 aromatic heterocycles. The van der Waals surface area contributed by atoms with E-state index in [0.717, 1.165) is 21.9 Å². The zero-order valence-corrected chi connectivity index (χ0v) is 77.4. The number of para-hydroxylation sites is 2. The molecule has 0 saturated carbocycles. The number of carboxylic acids is 6. The average molecular weight is 1970 g/mol. The molecule has 0 fully saturated rings. The summed E-state index contributed by atoms with van der Waals surface area (Å²) in [6.45, 7) is 0. The fourth-order valence-electron chi connectivity index (χ4n) is 13.3. The van der Waals surface area contributed by atoms with Gasteiger partial charge in [0.15, 0.2) is 6.04 Å². The minimum absolute atomic E-state index is 0.108. The van der Waals surface area contributed by atoms with Crippen molar-refractivity contribution in [1.82, 2.24) is 45.5 Å². The number of aromatic amines is 3. The first kappa shape index (κ1) is 103. The van der Waals surface area contributed by atoms with Crippen LogP contribution >= 0.6 is 79.1 Å². The third kappa shape index (κ3) is 32.4. The van der Waals surface area contributed by atoms with Crippen molar-refractivity contribution in [1.29, 1.82) is 0 Å². The van der Waals surface area contributed by atoms with Gasteiger partial charge in [-0.15, -0.1) is 11.3 Å². The van der Waals surface area contributed by atoms with Crippen molar-refractivity contribution in [3.05, 3.63) is 391 Å². The van der Waals surface area contributed by atoms with E-state index in [0.29, 0.717) is 77.0 Å². The maximum absolute atomic E-state index is 12.5. The van der Waals surface area contributed by atoms with Crippen LogP contribution < -0.4 is 30.5 Å². The molecule has 0 aliphatic carbocycles. The number of H-pyrrole nitrogens is 3. The van der Waals surface area contributed by atoms with E-state index in [-0.39, 0.29) is 37.0 Å². The maximum atomic E-state index is 12.5. The molecule has 21 N–H and O–H groups in total. The third-order valence-electron chi connectivity index (χ3n) is 19.2. The van der Waals surface area contributed by atoms with Crippen LogP contribution in [0.25, 0.3) is 32.7 Å². The first-order valence-electron chi connectivity index (χ1n) is 39.8. The molecular weight excluding hydrogens is 1870 g/mol. The van der Waals surface area contributed by atoms with Crippen molar-refractivity contribution in [2.24, 2.45) is 0 Å². The van der Waals surface area contributed by atoms with Gasteiger partial charge in [0, 0.05) is 55.9 Å². The van der Waals surface area contributed by atoms with E-state index in [1.165, 1.54) is 34.0 Å². The molecular formula is C90H93N9O24P6S3. The lowest BCUT2D eigenvalue weighted by atomic mass is 10.0. The molecule has 0 saturated heterocycles. The van der Waals surface area contributed by atoms with Gasteiger partial charge in [-0.1, -0.05) is 237 Å². The lowest BCUT2D eigenvalue weighted by molar-refractivity contribution is -0.140. The van der Waals surface area contributed by atoms with Crippen molar-refractivity contribution in [3.63, 3.8) is 0 Å². The second-order valence-corrected chi connectivity index (χ2v) is 43.9. The predicted molar refractivity (Wildman–Crippen MR) is 509 cm³/mol. The Kier molecular flexibility index (Phi) is 37.4. The van der Waals surface area contributed by atoms with Gasteiger partial charge in [0.2, 0.25) is 0 Å². The molecule has 0 radical (unpaired) electrons. The highest BCUT2D eigenvalue weighted by Crippen LogP contribution is 2.49. The summed E-state index contributed by atoms with van der Waals surface area (Å²) in [6, 6.07) is 75.2. The van der Waals surface area contributed by atoms with Crippen molar-refractivity contribution in [3.8, 4) is 0 Å². The molecule has 690 valence electrons. The van der Waals surface area contributed by atoms with Crippen LogP contribution in [0.3, 0.4) is 0 Å². The number of benzene rings is 9. The standard InChI is InChI=1S/3C17H17N2O4P.3C13H14NO4PS/c20-17(21)16(14-10-18-15-9-5-4-8-13(14)15)19-24(22,23)11-12-6-2-1-3-7-12;20-17(21)16(15-10-13-8-4-5-9-14(13)18-15)19-24(22,23)11-12-6-2-1-3-7-12;20-17(21)16(14-7-4-8-15-13(14)9-10-18-15)19-24(22,23)11-12-5-2-1-3-6-12;15-13(16)12(11-7-4-8-20-11)14-19(17,18)9-10-5-2-1-3-6-10;2*15-13(16)12(11-6-7-20-9-11)14-19(17,18)8-10-4-2-1-3-5-10/h3*1-10,16,18H,11H2,(H,20,21)(H2,19,22,23);1-8,12H,9H2,(H,15,16)(H2,14,17,18);2*1-7,9,12H,8H2,(H,15,16)(H2,14,17,18). The average Bonchev–Trinajstić information content (AvgIpc) is 1.57. The summed E-state index contributed by atoms with van der Waals surface area (Å²) in [5.41, 5.74) is 8.53. The summed E-state index contributed by atoms with van der Waals surface area (Å²) >= 11 is 3.91. The number of rotatable bonds is 36. The molecule has 15 rings (SSSR count). The zero-order chi connectivity index (χ0) is 95.2. The van der Waals surface area contributed by atoms with Crippen LogP contribution in [0.15, 0.2) is 324 Å². The second-order valence-electron chi connectivity index (χ2n) is 29.5. The van der Waals surface area contributed by atoms with Crippen LogP contribution in [-0.4, -0.2) is 111 Å². The van der Waals surface area contributed by atoms with Gasteiger partial charge in [0.05, 0.1) is 37.0 Å². The van der Waals surface area contributed by atoms with Crippen molar-refractivity contribution in [2.75, 3.05) is 0 Å². The van der Waals surface area contributed by atoms with Crippen LogP contribution in [0, 0.1) is 0 Å². The molecule has 6 heterocycles. The molecule has 12 unspecified atom stereocenters. The number of nitrogens with one attached hydrogen (secondary N) is 9. The van der Waals surface area contributed by atoms with E-state index < -0.39 is 117 Å². The number of hydrogen-bond acceptors (Lipinski definition) is 15. The van der Waals surface area contributed by atoms with E-state index in [1.54, 1.807) is 246 Å². The van der Waals surface area contributed by atoms with Crippen LogP contribution in [-0.2, 0) is 93.1 Å². The minimum atomic E-state index is -3.89. The highest BCUT2D eigenvalue weighted by molar-refractivity contribution is 7.56. The molecule has 12 atom stereocenters. The Hall–Kier alpha value is -11.6. The first-order valence-corrected chi connectivity index (χ1v) is 53.6. The molecule has 0 bridgehead atoms. The number of carbonyl (C=O) groups is 6. The normalized spacial score (nSPS) is 15.2. The summed E-state index contributed by atoms with van der Waals surface area (Å²) < 4.78 is 74.0. The molecule has 132 heavy (non-hydrogen) atoms. The van der Waals surface area contributed by atoms with E-state index >= 15 is 0 Å². The zero-order valence-electron chi connectivity index (χ0n) is 69.6. The lowest BCUT2D eigenvalue weighted by Crippen LogP contribution is -2.27. The van der Waals surface area contributed by atoms with Crippen LogP contribution in [0.2, 0.25) is 0 Å². The first-order chi connectivity index (χ1) is 62.8. The second kappa shape index (κ2) is 48.2. The van der Waals surface area contributed by atoms with Gasteiger partial charge in [0.25, 0.3) is 45.1 Å². The Morgan fingerprint density at radius 2 is 0.606 bits per heavy atom. The highest BCUT2D eigenvalue weighted by atomic mass is 32.1. The van der Waals surface area contributed by atoms with E-state index in [2.05, 4.69) is 45.5 Å². The molecule has 0 amide bonds. The van der Waals surface area contributed by atoms with Gasteiger partial charge < -0.3 is 75.0 Å². The highest BCUT2D eigenvalue weighted by Gasteiger charge is 2.37. The van der Waals surface area contributed by atoms with E-state index in [4.69, 9.17) is 0 Å². The third-order valence-corrected chi connectivity index (χ3v) is 30.3. The Labute approximate surface area is 768 Å². The van der Waals surface area contributed by atoms with Crippen LogP contribution in [0.4, 0.5) is 0 Å². The Morgan fingerprint density at radius 1 is 0.295 bits per heavy atom. The quantitative estimate of drug-likeness (QED) is 0.0162. The van der Waals surface area contributed by atoms with E-state index in [9.17, 15) is 116 Å². The number of aliphatic carboxylic acids is 6. The summed E-state index contributed by atoms with van der Waals surface area (Å²) in [7, 11) is -23.0. The molecule has 0 aliphatic rings. The largest absolute Gasteiger partial charge is 0.480 e. The molecule has 15 aromatic rings. The van der Waals surface area contributed by atoms with Gasteiger partial charge in [-0.05, 0) is 131 Å². The van der Waals surface area contributed by atoms with Crippen molar-refractivity contribution in [2.45, 2.75) is 73.2 Å². The van der Waals surface area contributed by atoms with Crippen LogP contribution in [0.1, 0.15) is 102 Å². The Balaban J connectivity index is 0.000000165. The Bertz CT molecular complexity index is 6280. The van der Waals surface area contributed by atoms with Gasteiger partial charge in [-0.3, -0.25) is 56.2 Å². The summed E-state index contributed by atoms with van der Waals surface area (Å²) in [5, 5.41) is 81.2. The van der Waals surface area contributed by atoms with Gasteiger partial charge in [-0.25, -0.2) is 30.5 Å². The summed E-state index contributed by atoms with van der Waals surface area (Å²) in [4.78, 5) is 139. The minimum Gasteiger partial charge on any atom is -0.480 e. The molecule has 0 spiro atoms. The number of fused-ring (bicyclic) bond motifs is 3.